The number of ether oxygens (including phenoxy) is 1. The van der Waals surface area contributed by atoms with Gasteiger partial charge in [0.05, 0.1) is 11.5 Å². The Labute approximate surface area is 119 Å². The second-order valence-electron chi connectivity index (χ2n) is 5.93. The first-order valence-corrected chi connectivity index (χ1v) is 6.73. The topological polar surface area (TPSA) is 51.5 Å². The summed E-state index contributed by atoms with van der Waals surface area (Å²) in [5, 5.41) is 10.4. The average Bonchev–Trinajstić information content (AvgIpc) is 2.66. The van der Waals surface area contributed by atoms with Crippen LogP contribution in [0.25, 0.3) is 10.9 Å². The predicted molar refractivity (Wildman–Crippen MR) is 79.3 cm³/mol. The number of fused-ring (bicyclic) bond motifs is 1. The Hall–Kier alpha value is -1.97. The third-order valence-electron chi connectivity index (χ3n) is 3.54. The molecule has 0 amide bonds. The highest BCUT2D eigenvalue weighted by atomic mass is 16.5. The Bertz CT molecular complexity index is 653. The van der Waals surface area contributed by atoms with E-state index in [9.17, 15) is 9.90 Å². The summed E-state index contributed by atoms with van der Waals surface area (Å²) in [6, 6.07) is 5.81. The number of hydrogen-bond donors (Lipinski definition) is 1. The van der Waals surface area contributed by atoms with E-state index in [0.717, 1.165) is 22.2 Å². The van der Waals surface area contributed by atoms with E-state index < -0.39 is 11.4 Å². The molecule has 1 N–H and O–H groups in total. The minimum absolute atomic E-state index is 0.0899. The molecule has 2 aromatic rings. The molecule has 2 rings (SSSR count). The quantitative estimate of drug-likeness (QED) is 0.931. The molecule has 0 aliphatic heterocycles. The van der Waals surface area contributed by atoms with Gasteiger partial charge < -0.3 is 14.4 Å². The van der Waals surface area contributed by atoms with Gasteiger partial charge in [-0.1, -0.05) is 0 Å². The van der Waals surface area contributed by atoms with Crippen molar-refractivity contribution in [2.24, 2.45) is 7.05 Å². The number of aryl methyl sites for hydroxylation is 1. The van der Waals surface area contributed by atoms with Gasteiger partial charge in [-0.25, -0.2) is 0 Å². The van der Waals surface area contributed by atoms with Crippen LogP contribution >= 0.6 is 0 Å². The summed E-state index contributed by atoms with van der Waals surface area (Å²) < 4.78 is 7.66. The standard InChI is InChI=1S/C16H21NO3/c1-10(2)20-11-6-7-14-12(8-11)13(9-17(14)5)16(3,4)15(18)19/h6-10H,1-5H3,(H,18,19). The summed E-state index contributed by atoms with van der Waals surface area (Å²) >= 11 is 0. The van der Waals surface area contributed by atoms with Crippen molar-refractivity contribution in [3.8, 4) is 5.75 Å². The highest BCUT2D eigenvalue weighted by molar-refractivity contribution is 5.92. The van der Waals surface area contributed by atoms with Gasteiger partial charge in [0.15, 0.2) is 0 Å². The maximum atomic E-state index is 11.5. The highest BCUT2D eigenvalue weighted by Crippen LogP contribution is 2.34. The van der Waals surface area contributed by atoms with E-state index >= 15 is 0 Å². The molecule has 1 aromatic heterocycles. The highest BCUT2D eigenvalue weighted by Gasteiger charge is 2.32. The molecule has 0 bridgehead atoms. The molecule has 0 radical (unpaired) electrons. The first kappa shape index (κ1) is 14.4. The Morgan fingerprint density at radius 1 is 1.35 bits per heavy atom. The van der Waals surface area contributed by atoms with Crippen molar-refractivity contribution < 1.29 is 14.6 Å². The van der Waals surface area contributed by atoms with Gasteiger partial charge in [-0.15, -0.1) is 0 Å². The number of carboxylic acid groups (broad SMARTS) is 1. The molecule has 4 heteroatoms. The maximum absolute atomic E-state index is 11.5. The summed E-state index contributed by atoms with van der Waals surface area (Å²) in [4.78, 5) is 11.5. The van der Waals surface area contributed by atoms with Crippen LogP contribution in [0.5, 0.6) is 5.75 Å². The van der Waals surface area contributed by atoms with Crippen molar-refractivity contribution in [3.05, 3.63) is 30.0 Å². The van der Waals surface area contributed by atoms with E-state index in [0.29, 0.717) is 0 Å². The third kappa shape index (κ3) is 2.38. The second kappa shape index (κ2) is 4.85. The largest absolute Gasteiger partial charge is 0.491 e. The molecule has 1 aromatic carbocycles. The Morgan fingerprint density at radius 2 is 2.00 bits per heavy atom. The van der Waals surface area contributed by atoms with E-state index in [2.05, 4.69) is 0 Å². The fraction of sp³-hybridized carbons (Fsp3) is 0.438. The molecule has 0 fully saturated rings. The molecule has 0 aliphatic rings. The zero-order valence-corrected chi connectivity index (χ0v) is 12.6. The fourth-order valence-electron chi connectivity index (χ4n) is 2.33. The molecule has 0 saturated carbocycles. The zero-order valence-electron chi connectivity index (χ0n) is 12.6. The van der Waals surface area contributed by atoms with E-state index in [1.165, 1.54) is 0 Å². The lowest BCUT2D eigenvalue weighted by molar-refractivity contribution is -0.142. The van der Waals surface area contributed by atoms with E-state index in [1.807, 2.05) is 49.9 Å². The molecule has 4 nitrogen and oxygen atoms in total. The number of aliphatic carboxylic acids is 1. The molecule has 108 valence electrons. The van der Waals surface area contributed by atoms with Crippen molar-refractivity contribution in [1.29, 1.82) is 0 Å². The van der Waals surface area contributed by atoms with Crippen molar-refractivity contribution >= 4 is 16.9 Å². The molecule has 0 aliphatic carbocycles. The lowest BCUT2D eigenvalue weighted by Crippen LogP contribution is -2.28. The van der Waals surface area contributed by atoms with Crippen LogP contribution in [0, 0.1) is 0 Å². The number of hydrogen-bond acceptors (Lipinski definition) is 2. The van der Waals surface area contributed by atoms with Gasteiger partial charge in [0.2, 0.25) is 0 Å². The smallest absolute Gasteiger partial charge is 0.313 e. The maximum Gasteiger partial charge on any atom is 0.313 e. The monoisotopic (exact) mass is 275 g/mol. The fourth-order valence-corrected chi connectivity index (χ4v) is 2.33. The molecular formula is C16H21NO3. The molecule has 0 spiro atoms. The van der Waals surface area contributed by atoms with Crippen molar-refractivity contribution in [3.63, 3.8) is 0 Å². The normalized spacial score (nSPS) is 12.1. The van der Waals surface area contributed by atoms with Crippen LogP contribution in [-0.2, 0) is 17.3 Å². The number of benzene rings is 1. The molecule has 1 heterocycles. The lowest BCUT2D eigenvalue weighted by atomic mass is 9.84. The Morgan fingerprint density at radius 3 is 2.55 bits per heavy atom. The van der Waals surface area contributed by atoms with E-state index in [-0.39, 0.29) is 6.10 Å². The van der Waals surface area contributed by atoms with Crippen LogP contribution in [0.2, 0.25) is 0 Å². The lowest BCUT2D eigenvalue weighted by Gasteiger charge is -2.18. The number of rotatable bonds is 4. The van der Waals surface area contributed by atoms with Gasteiger partial charge in [0.25, 0.3) is 0 Å². The first-order valence-electron chi connectivity index (χ1n) is 6.73. The average molecular weight is 275 g/mol. The van der Waals surface area contributed by atoms with Crippen LogP contribution in [0.15, 0.2) is 24.4 Å². The summed E-state index contributed by atoms with van der Waals surface area (Å²) in [7, 11) is 1.92. The predicted octanol–water partition coefficient (Wildman–Crippen LogP) is 3.33. The van der Waals surface area contributed by atoms with Crippen molar-refractivity contribution in [2.45, 2.75) is 39.2 Å². The van der Waals surface area contributed by atoms with Crippen LogP contribution in [0.4, 0.5) is 0 Å². The van der Waals surface area contributed by atoms with Crippen LogP contribution < -0.4 is 4.74 Å². The van der Waals surface area contributed by atoms with Gasteiger partial charge in [0, 0.05) is 24.1 Å². The minimum Gasteiger partial charge on any atom is -0.491 e. The van der Waals surface area contributed by atoms with Gasteiger partial charge >= 0.3 is 5.97 Å². The Kier molecular flexibility index (Phi) is 3.50. The Balaban J connectivity index is 2.63. The van der Waals surface area contributed by atoms with Gasteiger partial charge in [-0.05, 0) is 51.5 Å². The first-order chi connectivity index (χ1) is 9.23. The number of nitrogens with zero attached hydrogens (tertiary/aromatic N) is 1. The molecule has 0 atom stereocenters. The van der Waals surface area contributed by atoms with Crippen LogP contribution in [0.3, 0.4) is 0 Å². The summed E-state index contributed by atoms with van der Waals surface area (Å²) in [5.41, 5.74) is 0.873. The number of aromatic nitrogens is 1. The van der Waals surface area contributed by atoms with Crippen LogP contribution in [-0.4, -0.2) is 21.7 Å². The second-order valence-corrected chi connectivity index (χ2v) is 5.93. The van der Waals surface area contributed by atoms with Gasteiger partial charge in [-0.3, -0.25) is 4.79 Å². The minimum atomic E-state index is -0.935. The number of carboxylic acids is 1. The molecule has 0 unspecified atom stereocenters. The van der Waals surface area contributed by atoms with Crippen molar-refractivity contribution in [2.75, 3.05) is 0 Å². The summed E-state index contributed by atoms with van der Waals surface area (Å²) in [6.07, 6.45) is 1.98. The summed E-state index contributed by atoms with van der Waals surface area (Å²) in [6.45, 7) is 7.38. The van der Waals surface area contributed by atoms with Gasteiger partial charge in [0.1, 0.15) is 5.75 Å². The van der Waals surface area contributed by atoms with Crippen LogP contribution in [0.1, 0.15) is 33.3 Å². The molecular weight excluding hydrogens is 254 g/mol. The van der Waals surface area contributed by atoms with Crippen molar-refractivity contribution in [1.82, 2.24) is 4.57 Å². The van der Waals surface area contributed by atoms with E-state index in [4.69, 9.17) is 4.74 Å². The van der Waals surface area contributed by atoms with Gasteiger partial charge in [-0.2, -0.15) is 0 Å². The summed E-state index contributed by atoms with van der Waals surface area (Å²) in [5.74, 6) is -0.0682. The third-order valence-corrected chi connectivity index (χ3v) is 3.54. The molecule has 0 saturated heterocycles. The zero-order chi connectivity index (χ0) is 15.1. The number of carbonyl (C=O) groups is 1. The molecule has 20 heavy (non-hydrogen) atoms. The SMILES string of the molecule is CC(C)Oc1ccc2c(c1)c(C(C)(C)C(=O)O)cn2C. The van der Waals surface area contributed by atoms with E-state index in [1.54, 1.807) is 13.8 Å².